The fraction of sp³-hybridized carbons (Fsp3) is 0.250. The van der Waals surface area contributed by atoms with Crippen LogP contribution in [-0.4, -0.2) is 41.1 Å². The number of para-hydroxylation sites is 1. The van der Waals surface area contributed by atoms with Gasteiger partial charge in [-0.05, 0) is 18.2 Å². The number of benzene rings is 2. The Bertz CT molecular complexity index is 966. The first-order valence-electron chi connectivity index (χ1n) is 8.64. The van der Waals surface area contributed by atoms with E-state index in [-0.39, 0.29) is 11.8 Å². The van der Waals surface area contributed by atoms with Crippen LogP contribution in [0.4, 0.5) is 0 Å². The molecule has 1 amide bonds. The number of amides is 1. The molecule has 0 atom stereocenters. The molecule has 7 heteroatoms. The van der Waals surface area contributed by atoms with E-state index < -0.39 is 0 Å². The van der Waals surface area contributed by atoms with E-state index in [4.69, 9.17) is 20.9 Å². The first-order valence-corrected chi connectivity index (χ1v) is 9.01. The number of likely N-dealkylation sites (tertiary alicyclic amines) is 1. The summed E-state index contributed by atoms with van der Waals surface area (Å²) in [6, 6.07) is 14.8. The van der Waals surface area contributed by atoms with Crippen molar-refractivity contribution in [2.24, 2.45) is 0 Å². The second-order valence-corrected chi connectivity index (χ2v) is 6.83. The molecule has 1 aliphatic rings. The summed E-state index contributed by atoms with van der Waals surface area (Å²) in [6.45, 7) is 1.08. The van der Waals surface area contributed by atoms with Gasteiger partial charge in [-0.1, -0.05) is 47.1 Å². The zero-order valence-corrected chi connectivity index (χ0v) is 15.5. The number of aromatic nitrogens is 2. The highest BCUT2D eigenvalue weighted by molar-refractivity contribution is 6.33. The van der Waals surface area contributed by atoms with Crippen LogP contribution < -0.4 is 4.74 Å². The third kappa shape index (κ3) is 3.53. The largest absolute Gasteiger partial charge is 0.496 e. The van der Waals surface area contributed by atoms with Crippen LogP contribution >= 0.6 is 11.6 Å². The van der Waals surface area contributed by atoms with Gasteiger partial charge in [0, 0.05) is 25.1 Å². The number of rotatable bonds is 5. The molecule has 0 N–H and O–H groups in total. The number of carbonyl (C=O) groups excluding carboxylic acids is 1. The van der Waals surface area contributed by atoms with Gasteiger partial charge < -0.3 is 14.2 Å². The highest BCUT2D eigenvalue weighted by Gasteiger charge is 2.36. The van der Waals surface area contributed by atoms with E-state index in [0.717, 1.165) is 11.3 Å². The van der Waals surface area contributed by atoms with E-state index in [1.165, 1.54) is 0 Å². The van der Waals surface area contributed by atoms with E-state index in [2.05, 4.69) is 10.1 Å². The summed E-state index contributed by atoms with van der Waals surface area (Å²) in [4.78, 5) is 18.7. The van der Waals surface area contributed by atoms with Crippen LogP contribution in [0.2, 0.25) is 5.02 Å². The van der Waals surface area contributed by atoms with Gasteiger partial charge in [0.1, 0.15) is 5.75 Å². The molecule has 0 aliphatic carbocycles. The van der Waals surface area contributed by atoms with Crippen LogP contribution in [0.1, 0.15) is 33.6 Å². The summed E-state index contributed by atoms with van der Waals surface area (Å²) in [5.41, 5.74) is 1.51. The lowest BCUT2D eigenvalue weighted by Gasteiger charge is -2.37. The predicted octanol–water partition coefficient (Wildman–Crippen LogP) is 3.56. The van der Waals surface area contributed by atoms with E-state index in [1.807, 2.05) is 24.3 Å². The number of ether oxygens (including phenoxy) is 1. The Labute approximate surface area is 161 Å². The van der Waals surface area contributed by atoms with Crippen LogP contribution in [0.15, 0.2) is 53.1 Å². The molecule has 0 spiro atoms. The average Bonchev–Trinajstić information content (AvgIpc) is 3.09. The molecular weight excluding hydrogens is 366 g/mol. The maximum absolute atomic E-state index is 12.5. The minimum Gasteiger partial charge on any atom is -0.496 e. The van der Waals surface area contributed by atoms with Gasteiger partial charge in [-0.25, -0.2) is 0 Å². The van der Waals surface area contributed by atoms with Gasteiger partial charge >= 0.3 is 0 Å². The second kappa shape index (κ2) is 7.40. The van der Waals surface area contributed by atoms with E-state index in [9.17, 15) is 4.79 Å². The lowest BCUT2D eigenvalue weighted by atomic mass is 9.98. The van der Waals surface area contributed by atoms with Gasteiger partial charge in [-0.2, -0.15) is 4.98 Å². The Hall–Kier alpha value is -2.86. The molecule has 4 rings (SSSR count). The van der Waals surface area contributed by atoms with Crippen molar-refractivity contribution >= 4 is 17.5 Å². The van der Waals surface area contributed by atoms with Gasteiger partial charge in [0.25, 0.3) is 5.91 Å². The van der Waals surface area contributed by atoms with Gasteiger partial charge in [0.2, 0.25) is 5.89 Å². The van der Waals surface area contributed by atoms with Crippen LogP contribution in [0, 0.1) is 0 Å². The minimum atomic E-state index is -0.0781. The SMILES string of the molecule is COc1ccccc1Cc1noc(C2CN(C(=O)c3ccccc3Cl)C2)n1. The number of carbonyl (C=O) groups is 1. The molecule has 0 saturated carbocycles. The van der Waals surface area contributed by atoms with Crippen molar-refractivity contribution in [2.45, 2.75) is 12.3 Å². The Morgan fingerprint density at radius 3 is 2.74 bits per heavy atom. The predicted molar refractivity (Wildman–Crippen MR) is 100 cm³/mol. The van der Waals surface area contributed by atoms with Crippen molar-refractivity contribution in [2.75, 3.05) is 20.2 Å². The summed E-state index contributed by atoms with van der Waals surface area (Å²) in [5.74, 6) is 1.93. The summed E-state index contributed by atoms with van der Waals surface area (Å²) in [7, 11) is 1.64. The monoisotopic (exact) mass is 383 g/mol. The smallest absolute Gasteiger partial charge is 0.255 e. The third-order valence-electron chi connectivity index (χ3n) is 4.65. The topological polar surface area (TPSA) is 68.5 Å². The summed E-state index contributed by atoms with van der Waals surface area (Å²) in [5, 5.41) is 4.53. The molecule has 1 aliphatic heterocycles. The molecule has 2 heterocycles. The first kappa shape index (κ1) is 17.5. The highest BCUT2D eigenvalue weighted by Crippen LogP contribution is 2.29. The zero-order valence-electron chi connectivity index (χ0n) is 14.8. The zero-order chi connectivity index (χ0) is 18.8. The Morgan fingerprint density at radius 2 is 1.96 bits per heavy atom. The van der Waals surface area contributed by atoms with Crippen LogP contribution in [0.25, 0.3) is 0 Å². The fourth-order valence-electron chi connectivity index (χ4n) is 3.13. The maximum atomic E-state index is 12.5. The summed E-state index contributed by atoms with van der Waals surface area (Å²) < 4.78 is 10.8. The van der Waals surface area contributed by atoms with Crippen LogP contribution in [0.5, 0.6) is 5.75 Å². The van der Waals surface area contributed by atoms with Crippen LogP contribution in [0.3, 0.4) is 0 Å². The van der Waals surface area contributed by atoms with Crippen molar-refractivity contribution < 1.29 is 14.1 Å². The average molecular weight is 384 g/mol. The molecule has 138 valence electrons. The van der Waals surface area contributed by atoms with E-state index in [0.29, 0.717) is 41.8 Å². The molecule has 0 bridgehead atoms. The molecular formula is C20H18ClN3O3. The lowest BCUT2D eigenvalue weighted by Crippen LogP contribution is -2.48. The standard InChI is InChI=1S/C20H18ClN3O3/c1-26-17-9-5-2-6-13(17)10-18-22-19(27-23-18)14-11-24(12-14)20(25)15-7-3-4-8-16(15)21/h2-9,14H,10-12H2,1H3. The van der Waals surface area contributed by atoms with Crippen LogP contribution in [-0.2, 0) is 6.42 Å². The summed E-state index contributed by atoms with van der Waals surface area (Å²) in [6.07, 6.45) is 0.530. The molecule has 0 unspecified atom stereocenters. The lowest BCUT2D eigenvalue weighted by molar-refractivity contribution is 0.0569. The first-order chi connectivity index (χ1) is 13.2. The minimum absolute atomic E-state index is 0.0513. The van der Waals surface area contributed by atoms with Gasteiger partial charge in [0.15, 0.2) is 5.82 Å². The molecule has 2 aromatic carbocycles. The van der Waals surface area contributed by atoms with Gasteiger partial charge in [-0.3, -0.25) is 4.79 Å². The number of halogens is 1. The van der Waals surface area contributed by atoms with Crippen molar-refractivity contribution in [3.63, 3.8) is 0 Å². The molecule has 1 fully saturated rings. The van der Waals surface area contributed by atoms with Crippen molar-refractivity contribution in [3.05, 3.63) is 76.4 Å². The van der Waals surface area contributed by atoms with E-state index in [1.54, 1.807) is 36.3 Å². The van der Waals surface area contributed by atoms with Crippen molar-refractivity contribution in [1.82, 2.24) is 15.0 Å². The number of methoxy groups -OCH3 is 1. The Balaban J connectivity index is 1.39. The quantitative estimate of drug-likeness (QED) is 0.673. The third-order valence-corrected chi connectivity index (χ3v) is 4.98. The number of hydrogen-bond donors (Lipinski definition) is 0. The van der Waals surface area contributed by atoms with Crippen molar-refractivity contribution in [1.29, 1.82) is 0 Å². The Morgan fingerprint density at radius 1 is 1.22 bits per heavy atom. The van der Waals surface area contributed by atoms with Gasteiger partial charge in [-0.15, -0.1) is 0 Å². The molecule has 0 radical (unpaired) electrons. The van der Waals surface area contributed by atoms with Gasteiger partial charge in [0.05, 0.1) is 23.6 Å². The molecule has 6 nitrogen and oxygen atoms in total. The molecule has 1 saturated heterocycles. The Kier molecular flexibility index (Phi) is 4.81. The summed E-state index contributed by atoms with van der Waals surface area (Å²) >= 11 is 6.10. The molecule has 3 aromatic rings. The van der Waals surface area contributed by atoms with Crippen molar-refractivity contribution in [3.8, 4) is 5.75 Å². The second-order valence-electron chi connectivity index (χ2n) is 6.42. The maximum Gasteiger partial charge on any atom is 0.255 e. The molecule has 27 heavy (non-hydrogen) atoms. The fourth-order valence-corrected chi connectivity index (χ4v) is 3.35. The number of nitrogens with zero attached hydrogens (tertiary/aromatic N) is 3. The molecule has 1 aromatic heterocycles. The normalized spacial score (nSPS) is 14.1. The number of hydrogen-bond acceptors (Lipinski definition) is 5. The van der Waals surface area contributed by atoms with E-state index >= 15 is 0 Å². The highest BCUT2D eigenvalue weighted by atomic mass is 35.5.